The third-order valence-electron chi connectivity index (χ3n) is 3.46. The Kier molecular flexibility index (Phi) is 17.6. The number of aryl methyl sites for hydroxylation is 1. The van der Waals surface area contributed by atoms with E-state index in [1.807, 2.05) is 46.8 Å². The average Bonchev–Trinajstić information content (AvgIpc) is 2.60. The topological polar surface area (TPSA) is 0 Å². The van der Waals surface area contributed by atoms with Gasteiger partial charge in [-0.3, -0.25) is 0 Å². The van der Waals surface area contributed by atoms with Gasteiger partial charge in [0, 0.05) is 0 Å². The molecule has 0 atom stereocenters. The number of hydrogen-bond donors (Lipinski definition) is 0. The molecule has 0 heterocycles. The molecule has 0 amide bonds. The zero-order chi connectivity index (χ0) is 19.7. The van der Waals surface area contributed by atoms with Gasteiger partial charge in [-0.1, -0.05) is 69.2 Å². The molecule has 0 aliphatic carbocycles. The number of benzene rings is 1. The minimum absolute atomic E-state index is 0.171. The van der Waals surface area contributed by atoms with Crippen molar-refractivity contribution in [2.45, 2.75) is 81.1 Å². The summed E-state index contributed by atoms with van der Waals surface area (Å²) in [5.41, 5.74) is 4.92. The Balaban J connectivity index is 0. The summed E-state index contributed by atoms with van der Waals surface area (Å²) in [6, 6.07) is 4.92. The Morgan fingerprint density at radius 2 is 1.56 bits per heavy atom. The van der Waals surface area contributed by atoms with Gasteiger partial charge >= 0.3 is 0 Å². The van der Waals surface area contributed by atoms with E-state index in [0.29, 0.717) is 0 Å². The SMILES string of the molecule is CC.CC.CC(C)=CCC/C(C)=C/CC/C=C\c1cc(F)ccc1C. The van der Waals surface area contributed by atoms with E-state index in [4.69, 9.17) is 0 Å². The van der Waals surface area contributed by atoms with Crippen LogP contribution in [0.2, 0.25) is 0 Å². The first-order valence-electron chi connectivity index (χ1n) is 9.70. The van der Waals surface area contributed by atoms with Gasteiger partial charge in [-0.25, -0.2) is 4.39 Å². The van der Waals surface area contributed by atoms with Crippen LogP contribution in [-0.4, -0.2) is 0 Å². The van der Waals surface area contributed by atoms with E-state index in [-0.39, 0.29) is 5.82 Å². The van der Waals surface area contributed by atoms with Crippen LogP contribution in [0, 0.1) is 12.7 Å². The first-order valence-corrected chi connectivity index (χ1v) is 9.70. The van der Waals surface area contributed by atoms with Gasteiger partial charge in [-0.05, 0) is 76.6 Å². The molecule has 0 unspecified atom stereocenters. The number of halogens is 1. The minimum Gasteiger partial charge on any atom is -0.207 e. The molecule has 0 fully saturated rings. The lowest BCUT2D eigenvalue weighted by atomic mass is 10.1. The number of unbranched alkanes of at least 4 members (excludes halogenated alkanes) is 1. The highest BCUT2D eigenvalue weighted by atomic mass is 19.1. The minimum atomic E-state index is -0.171. The van der Waals surface area contributed by atoms with Crippen LogP contribution in [0.4, 0.5) is 4.39 Å². The van der Waals surface area contributed by atoms with Crippen molar-refractivity contribution in [1.29, 1.82) is 0 Å². The summed E-state index contributed by atoms with van der Waals surface area (Å²) in [5.74, 6) is -0.171. The van der Waals surface area contributed by atoms with Crippen molar-refractivity contribution in [3.05, 3.63) is 64.5 Å². The fourth-order valence-electron chi connectivity index (χ4n) is 2.12. The fourth-order valence-corrected chi connectivity index (χ4v) is 2.12. The van der Waals surface area contributed by atoms with Crippen LogP contribution in [0.25, 0.3) is 6.08 Å². The van der Waals surface area contributed by atoms with Crippen molar-refractivity contribution >= 4 is 6.08 Å². The van der Waals surface area contributed by atoms with Crippen LogP contribution in [0.1, 0.15) is 85.3 Å². The quantitative estimate of drug-likeness (QED) is 0.342. The summed E-state index contributed by atoms with van der Waals surface area (Å²) in [6.45, 7) is 16.5. The lowest BCUT2D eigenvalue weighted by molar-refractivity contribution is 0.627. The standard InChI is InChI=1S/C20H27F.2C2H6/c1-16(2)9-8-11-17(3)10-6-5-7-12-19-15-20(21)14-13-18(19)4;2*1-2/h7,9-10,12-15H,5-6,8,11H2,1-4H3;2*1-2H3/b12-7-,17-10+;;. The average molecular weight is 347 g/mol. The predicted molar refractivity (Wildman–Crippen MR) is 115 cm³/mol. The highest BCUT2D eigenvalue weighted by Crippen LogP contribution is 2.13. The highest BCUT2D eigenvalue weighted by Gasteiger charge is 1.95. The van der Waals surface area contributed by atoms with Gasteiger partial charge in [0.05, 0.1) is 0 Å². The molecule has 1 heteroatoms. The van der Waals surface area contributed by atoms with Crippen LogP contribution in [0.15, 0.2) is 47.6 Å². The molecule has 0 nitrogen and oxygen atoms in total. The molecule has 0 radical (unpaired) electrons. The van der Waals surface area contributed by atoms with Crippen LogP contribution in [-0.2, 0) is 0 Å². The van der Waals surface area contributed by atoms with Crippen LogP contribution < -0.4 is 0 Å². The van der Waals surface area contributed by atoms with Crippen molar-refractivity contribution in [3.63, 3.8) is 0 Å². The Bertz CT molecular complexity index is 529. The summed E-state index contributed by atoms with van der Waals surface area (Å²) < 4.78 is 13.2. The number of rotatable bonds is 7. The maximum Gasteiger partial charge on any atom is 0.123 e. The molecule has 0 aromatic heterocycles. The second-order valence-electron chi connectivity index (χ2n) is 5.85. The van der Waals surface area contributed by atoms with Crippen molar-refractivity contribution in [2.24, 2.45) is 0 Å². The van der Waals surface area contributed by atoms with Crippen LogP contribution >= 0.6 is 0 Å². The molecular weight excluding hydrogens is 307 g/mol. The molecule has 0 saturated heterocycles. The third-order valence-corrected chi connectivity index (χ3v) is 3.46. The van der Waals surface area contributed by atoms with Crippen molar-refractivity contribution in [1.82, 2.24) is 0 Å². The van der Waals surface area contributed by atoms with Gasteiger partial charge in [0.15, 0.2) is 0 Å². The molecule has 1 aromatic carbocycles. The first-order chi connectivity index (χ1) is 12.0. The molecule has 0 aliphatic rings. The molecule has 0 bridgehead atoms. The molecule has 0 N–H and O–H groups in total. The monoisotopic (exact) mass is 346 g/mol. The molecular formula is C24H39F. The maximum atomic E-state index is 13.2. The summed E-state index contributed by atoms with van der Waals surface area (Å²) in [7, 11) is 0. The number of hydrogen-bond acceptors (Lipinski definition) is 0. The summed E-state index contributed by atoms with van der Waals surface area (Å²) in [5, 5.41) is 0. The van der Waals surface area contributed by atoms with E-state index in [1.165, 1.54) is 17.2 Å². The van der Waals surface area contributed by atoms with Gasteiger partial charge in [0.1, 0.15) is 5.82 Å². The number of allylic oxidation sites excluding steroid dienone is 5. The van der Waals surface area contributed by atoms with E-state index >= 15 is 0 Å². The first kappa shape index (κ1) is 25.6. The van der Waals surface area contributed by atoms with E-state index in [0.717, 1.165) is 36.8 Å². The lowest BCUT2D eigenvalue weighted by Crippen LogP contribution is -1.82. The van der Waals surface area contributed by atoms with Gasteiger partial charge in [-0.15, -0.1) is 0 Å². The highest BCUT2D eigenvalue weighted by molar-refractivity contribution is 5.53. The Morgan fingerprint density at radius 1 is 0.920 bits per heavy atom. The molecule has 25 heavy (non-hydrogen) atoms. The molecule has 1 aromatic rings. The van der Waals surface area contributed by atoms with Crippen molar-refractivity contribution < 1.29 is 4.39 Å². The van der Waals surface area contributed by atoms with E-state index in [2.05, 4.69) is 39.0 Å². The van der Waals surface area contributed by atoms with Crippen molar-refractivity contribution in [3.8, 4) is 0 Å². The third kappa shape index (κ3) is 14.4. The lowest BCUT2D eigenvalue weighted by Gasteiger charge is -2.00. The van der Waals surface area contributed by atoms with Gasteiger partial charge in [-0.2, -0.15) is 0 Å². The summed E-state index contributed by atoms with van der Waals surface area (Å²) in [4.78, 5) is 0. The summed E-state index contributed by atoms with van der Waals surface area (Å²) in [6.07, 6.45) is 13.0. The smallest absolute Gasteiger partial charge is 0.123 e. The summed E-state index contributed by atoms with van der Waals surface area (Å²) >= 11 is 0. The second kappa shape index (κ2) is 17.2. The molecule has 0 aliphatic heterocycles. The van der Waals surface area contributed by atoms with E-state index in [9.17, 15) is 4.39 Å². The van der Waals surface area contributed by atoms with Crippen LogP contribution in [0.3, 0.4) is 0 Å². The molecule has 0 spiro atoms. The van der Waals surface area contributed by atoms with Crippen LogP contribution in [0.5, 0.6) is 0 Å². The van der Waals surface area contributed by atoms with E-state index in [1.54, 1.807) is 6.07 Å². The molecule has 1 rings (SSSR count). The predicted octanol–water partition coefficient (Wildman–Crippen LogP) is 8.67. The fraction of sp³-hybridized carbons (Fsp3) is 0.500. The van der Waals surface area contributed by atoms with E-state index < -0.39 is 0 Å². The normalized spacial score (nSPS) is 10.5. The van der Waals surface area contributed by atoms with Gasteiger partial charge in [0.2, 0.25) is 0 Å². The zero-order valence-corrected chi connectivity index (χ0v) is 17.7. The zero-order valence-electron chi connectivity index (χ0n) is 17.7. The largest absolute Gasteiger partial charge is 0.207 e. The molecule has 142 valence electrons. The Labute approximate surface area is 156 Å². The van der Waals surface area contributed by atoms with Gasteiger partial charge < -0.3 is 0 Å². The second-order valence-corrected chi connectivity index (χ2v) is 5.85. The Morgan fingerprint density at radius 3 is 2.16 bits per heavy atom. The van der Waals surface area contributed by atoms with Gasteiger partial charge in [0.25, 0.3) is 0 Å². The molecule has 0 saturated carbocycles. The maximum absolute atomic E-state index is 13.2. The Hall–Kier alpha value is -1.63. The van der Waals surface area contributed by atoms with Crippen molar-refractivity contribution in [2.75, 3.05) is 0 Å².